The first kappa shape index (κ1) is 21.4. The highest BCUT2D eigenvalue weighted by atomic mass is 31.2. The van der Waals surface area contributed by atoms with E-state index in [9.17, 15) is 9.59 Å². The molecule has 0 saturated carbocycles. The molecule has 0 radical (unpaired) electrons. The number of fused-ring (bicyclic) bond motifs is 1. The molecule has 3 aromatic rings. The Balaban J connectivity index is 1.61. The molecular weight excluding hydrogens is 423 g/mol. The summed E-state index contributed by atoms with van der Waals surface area (Å²) in [6.07, 6.45) is 7.15. The standard InChI is InChI=1S/C20H23N4O6P/c1-29-18-17-15(11-21-24(20(17)26)19(25)14-4-8-30-12-14)10-16(22-18)23-6-2-13(3-7-23)5-9-31(27)28/h4,8,10-13,27-28H,2-3,5-7,9H2,1H3. The van der Waals surface area contributed by atoms with Crippen LogP contribution in [-0.4, -0.2) is 56.8 Å². The number of anilines is 1. The summed E-state index contributed by atoms with van der Waals surface area (Å²) in [5, 5.41) is 4.77. The van der Waals surface area contributed by atoms with Crippen molar-refractivity contribution in [3.8, 4) is 5.88 Å². The first-order valence-electron chi connectivity index (χ1n) is 9.92. The minimum Gasteiger partial charge on any atom is -0.480 e. The predicted molar refractivity (Wildman–Crippen MR) is 115 cm³/mol. The number of methoxy groups -OCH3 is 1. The second kappa shape index (κ2) is 9.13. The van der Waals surface area contributed by atoms with Crippen molar-refractivity contribution >= 4 is 30.9 Å². The lowest BCUT2D eigenvalue weighted by atomic mass is 9.94. The Morgan fingerprint density at radius 3 is 2.77 bits per heavy atom. The summed E-state index contributed by atoms with van der Waals surface area (Å²) in [7, 11) is -0.407. The van der Waals surface area contributed by atoms with Crippen molar-refractivity contribution in [1.82, 2.24) is 14.8 Å². The molecule has 0 amide bonds. The highest BCUT2D eigenvalue weighted by Crippen LogP contribution is 2.32. The van der Waals surface area contributed by atoms with Crippen LogP contribution in [0.25, 0.3) is 10.8 Å². The van der Waals surface area contributed by atoms with Gasteiger partial charge in [0.05, 0.1) is 25.1 Å². The molecule has 4 rings (SSSR count). The van der Waals surface area contributed by atoms with Crippen LogP contribution in [0, 0.1) is 5.92 Å². The van der Waals surface area contributed by atoms with Gasteiger partial charge in [0.25, 0.3) is 11.5 Å². The van der Waals surface area contributed by atoms with Crippen molar-refractivity contribution in [1.29, 1.82) is 0 Å². The van der Waals surface area contributed by atoms with Crippen LogP contribution >= 0.6 is 8.38 Å². The summed E-state index contributed by atoms with van der Waals surface area (Å²) in [5.41, 5.74) is -0.391. The van der Waals surface area contributed by atoms with Crippen molar-refractivity contribution in [2.45, 2.75) is 19.3 Å². The van der Waals surface area contributed by atoms with Crippen LogP contribution in [0.1, 0.15) is 29.6 Å². The topological polar surface area (TPSA) is 131 Å². The first-order valence-corrected chi connectivity index (χ1v) is 11.4. The summed E-state index contributed by atoms with van der Waals surface area (Å²) in [6, 6.07) is 3.24. The Morgan fingerprint density at radius 1 is 1.35 bits per heavy atom. The number of carbonyl (C=O) groups excluding carboxylic acids is 1. The maximum atomic E-state index is 13.0. The fraction of sp³-hybridized carbons (Fsp3) is 0.400. The van der Waals surface area contributed by atoms with Crippen molar-refractivity contribution in [3.05, 3.63) is 46.8 Å². The molecule has 1 fully saturated rings. The van der Waals surface area contributed by atoms with Crippen molar-refractivity contribution in [2.75, 3.05) is 31.3 Å². The van der Waals surface area contributed by atoms with E-state index >= 15 is 0 Å². The summed E-state index contributed by atoms with van der Waals surface area (Å²) < 4.78 is 11.1. The highest BCUT2D eigenvalue weighted by Gasteiger charge is 2.24. The van der Waals surface area contributed by atoms with Gasteiger partial charge in [-0.2, -0.15) is 14.8 Å². The Hall–Kier alpha value is -2.81. The molecule has 164 valence electrons. The molecule has 1 aliphatic heterocycles. The number of furan rings is 1. The molecule has 11 heteroatoms. The molecule has 1 saturated heterocycles. The molecule has 0 atom stereocenters. The van der Waals surface area contributed by atoms with Gasteiger partial charge in [0.1, 0.15) is 17.5 Å². The quantitative estimate of drug-likeness (QED) is 0.546. The average Bonchev–Trinajstić information content (AvgIpc) is 3.32. The Bertz CT molecular complexity index is 1120. The van der Waals surface area contributed by atoms with Crippen LogP contribution in [0.3, 0.4) is 0 Å². The van der Waals surface area contributed by atoms with Gasteiger partial charge in [0.15, 0.2) is 8.38 Å². The third-order valence-corrected chi connectivity index (χ3v) is 6.21. The second-order valence-electron chi connectivity index (χ2n) is 7.45. The normalized spacial score (nSPS) is 15.0. The lowest BCUT2D eigenvalue weighted by molar-refractivity contribution is 0.0939. The summed E-state index contributed by atoms with van der Waals surface area (Å²) in [4.78, 5) is 50.4. The molecule has 0 bridgehead atoms. The van der Waals surface area contributed by atoms with E-state index in [1.54, 1.807) is 6.07 Å². The monoisotopic (exact) mass is 446 g/mol. The molecule has 2 N–H and O–H groups in total. The lowest BCUT2D eigenvalue weighted by Crippen LogP contribution is -2.35. The number of pyridine rings is 1. The van der Waals surface area contributed by atoms with Gasteiger partial charge in [-0.15, -0.1) is 0 Å². The molecule has 0 spiro atoms. The maximum Gasteiger partial charge on any atom is 0.287 e. The van der Waals surface area contributed by atoms with Gasteiger partial charge in [-0.1, -0.05) is 0 Å². The smallest absolute Gasteiger partial charge is 0.287 e. The van der Waals surface area contributed by atoms with E-state index in [2.05, 4.69) is 15.0 Å². The van der Waals surface area contributed by atoms with Gasteiger partial charge < -0.3 is 23.8 Å². The number of piperidine rings is 1. The third-order valence-electron chi connectivity index (χ3n) is 5.55. The molecule has 1 aliphatic rings. The van der Waals surface area contributed by atoms with Crippen molar-refractivity contribution < 1.29 is 23.7 Å². The predicted octanol–water partition coefficient (Wildman–Crippen LogP) is 1.98. The first-order chi connectivity index (χ1) is 15.0. The van der Waals surface area contributed by atoms with Crippen LogP contribution in [0.4, 0.5) is 5.82 Å². The maximum absolute atomic E-state index is 13.0. The van der Waals surface area contributed by atoms with Crippen LogP contribution in [0.2, 0.25) is 0 Å². The summed E-state index contributed by atoms with van der Waals surface area (Å²) in [6.45, 7) is 1.54. The van der Waals surface area contributed by atoms with Crippen molar-refractivity contribution in [3.63, 3.8) is 0 Å². The average molecular weight is 446 g/mol. The SMILES string of the molecule is COc1nc(N2CCC(CCP(O)O)CC2)cc2cnn(C(=O)c3ccoc3)c(=O)c12. The van der Waals surface area contributed by atoms with E-state index in [1.165, 1.54) is 31.9 Å². The minimum absolute atomic E-state index is 0.141. The summed E-state index contributed by atoms with van der Waals surface area (Å²) in [5.74, 6) is 0.672. The number of ether oxygens (including phenoxy) is 1. The van der Waals surface area contributed by atoms with E-state index in [4.69, 9.17) is 18.9 Å². The zero-order valence-electron chi connectivity index (χ0n) is 17.0. The third kappa shape index (κ3) is 4.46. The number of nitrogens with zero attached hydrogens (tertiary/aromatic N) is 4. The lowest BCUT2D eigenvalue weighted by Gasteiger charge is -2.33. The van der Waals surface area contributed by atoms with Crippen LogP contribution in [0.5, 0.6) is 5.88 Å². The Labute approximate surface area is 179 Å². The van der Waals surface area contributed by atoms with E-state index in [0.29, 0.717) is 23.3 Å². The van der Waals surface area contributed by atoms with Gasteiger partial charge >= 0.3 is 0 Å². The van der Waals surface area contributed by atoms with E-state index < -0.39 is 19.8 Å². The second-order valence-corrected chi connectivity index (χ2v) is 8.64. The fourth-order valence-corrected chi connectivity index (χ4v) is 4.43. The zero-order chi connectivity index (χ0) is 22.0. The highest BCUT2D eigenvalue weighted by molar-refractivity contribution is 7.45. The summed E-state index contributed by atoms with van der Waals surface area (Å²) >= 11 is 0. The molecule has 0 aromatic carbocycles. The molecule has 31 heavy (non-hydrogen) atoms. The number of rotatable bonds is 6. The molecule has 10 nitrogen and oxygen atoms in total. The van der Waals surface area contributed by atoms with Crippen LogP contribution in [0.15, 0.2) is 40.1 Å². The number of aromatic nitrogens is 3. The molecule has 0 unspecified atom stereocenters. The fourth-order valence-electron chi connectivity index (χ4n) is 3.83. The van der Waals surface area contributed by atoms with Gasteiger partial charge in [-0.25, -0.2) is 0 Å². The van der Waals surface area contributed by atoms with Gasteiger partial charge in [0.2, 0.25) is 5.88 Å². The van der Waals surface area contributed by atoms with Gasteiger partial charge in [-0.05, 0) is 37.3 Å². The number of hydrogen-bond acceptors (Lipinski definition) is 9. The van der Waals surface area contributed by atoms with Gasteiger partial charge in [0, 0.05) is 24.6 Å². The van der Waals surface area contributed by atoms with E-state index in [0.717, 1.165) is 37.0 Å². The molecule has 4 heterocycles. The van der Waals surface area contributed by atoms with E-state index in [1.807, 2.05) is 0 Å². The number of hydrogen-bond donors (Lipinski definition) is 2. The zero-order valence-corrected chi connectivity index (χ0v) is 17.9. The molecule has 0 aliphatic carbocycles. The minimum atomic E-state index is -1.84. The van der Waals surface area contributed by atoms with Crippen LogP contribution in [-0.2, 0) is 0 Å². The van der Waals surface area contributed by atoms with Crippen molar-refractivity contribution in [2.24, 2.45) is 5.92 Å². The number of carbonyl (C=O) groups is 1. The van der Waals surface area contributed by atoms with E-state index in [-0.39, 0.29) is 16.8 Å². The van der Waals surface area contributed by atoms with Gasteiger partial charge in [-0.3, -0.25) is 9.59 Å². The Morgan fingerprint density at radius 2 is 2.13 bits per heavy atom. The molecular formula is C20H23N4O6P. The van der Waals surface area contributed by atoms with Crippen LogP contribution < -0.4 is 15.2 Å². The molecule has 3 aromatic heterocycles. The largest absolute Gasteiger partial charge is 0.480 e. The Kier molecular flexibility index (Phi) is 6.31.